The molecule has 1 fully saturated rings. The molecule has 4 nitrogen and oxygen atoms in total. The fourth-order valence-corrected chi connectivity index (χ4v) is 2.39. The summed E-state index contributed by atoms with van der Waals surface area (Å²) >= 11 is 0. The average Bonchev–Trinajstić information content (AvgIpc) is 2.74. The average molecular weight is 228 g/mol. The number of aliphatic hydroxyl groups excluding tert-OH is 1. The predicted octanol–water partition coefficient (Wildman–Crippen LogP) is 0.605. The first kappa shape index (κ1) is 13.5. The molecule has 1 aliphatic heterocycles. The number of nitrogens with zero attached hydrogens (tertiary/aromatic N) is 1. The standard InChI is InChI=1S/C12H24N2O2/c1-4-12(5-6-13-9-12)11(16)14(7-8-15)10(2)3/h10,13,15H,4-9H2,1-3H3. The van der Waals surface area contributed by atoms with E-state index in [0.29, 0.717) is 6.54 Å². The van der Waals surface area contributed by atoms with Gasteiger partial charge in [0.15, 0.2) is 0 Å². The molecule has 1 rings (SSSR count). The number of nitrogens with one attached hydrogen (secondary N) is 1. The normalized spacial score (nSPS) is 25.1. The summed E-state index contributed by atoms with van der Waals surface area (Å²) in [5.74, 6) is 0.198. The van der Waals surface area contributed by atoms with Crippen molar-refractivity contribution in [2.45, 2.75) is 39.7 Å². The van der Waals surface area contributed by atoms with Crippen molar-refractivity contribution in [3.63, 3.8) is 0 Å². The van der Waals surface area contributed by atoms with E-state index in [9.17, 15) is 4.79 Å². The van der Waals surface area contributed by atoms with Crippen LogP contribution >= 0.6 is 0 Å². The monoisotopic (exact) mass is 228 g/mol. The molecule has 1 atom stereocenters. The lowest BCUT2D eigenvalue weighted by Crippen LogP contribution is -2.49. The van der Waals surface area contributed by atoms with E-state index in [1.807, 2.05) is 13.8 Å². The molecule has 1 amide bonds. The summed E-state index contributed by atoms with van der Waals surface area (Å²) in [5, 5.41) is 12.3. The van der Waals surface area contributed by atoms with E-state index in [-0.39, 0.29) is 24.0 Å². The topological polar surface area (TPSA) is 52.6 Å². The maximum atomic E-state index is 12.5. The van der Waals surface area contributed by atoms with Gasteiger partial charge in [0.25, 0.3) is 0 Å². The van der Waals surface area contributed by atoms with Gasteiger partial charge >= 0.3 is 0 Å². The summed E-state index contributed by atoms with van der Waals surface area (Å²) in [7, 11) is 0. The van der Waals surface area contributed by atoms with Crippen LogP contribution in [0.15, 0.2) is 0 Å². The highest BCUT2D eigenvalue weighted by molar-refractivity contribution is 5.83. The number of aliphatic hydroxyl groups is 1. The first-order chi connectivity index (χ1) is 7.57. The molecule has 1 heterocycles. The Bertz CT molecular complexity index is 235. The van der Waals surface area contributed by atoms with E-state index >= 15 is 0 Å². The van der Waals surface area contributed by atoms with Gasteiger partial charge < -0.3 is 15.3 Å². The van der Waals surface area contributed by atoms with E-state index < -0.39 is 0 Å². The number of carbonyl (C=O) groups excluding carboxylic acids is 1. The van der Waals surface area contributed by atoms with Gasteiger partial charge in [-0.2, -0.15) is 0 Å². The summed E-state index contributed by atoms with van der Waals surface area (Å²) in [4.78, 5) is 14.3. The van der Waals surface area contributed by atoms with Crippen LogP contribution in [0.1, 0.15) is 33.6 Å². The Hall–Kier alpha value is -0.610. The molecular formula is C12H24N2O2. The maximum Gasteiger partial charge on any atom is 0.230 e. The lowest BCUT2D eigenvalue weighted by molar-refractivity contribution is -0.143. The van der Waals surface area contributed by atoms with Crippen molar-refractivity contribution in [1.82, 2.24) is 10.2 Å². The van der Waals surface area contributed by atoms with Gasteiger partial charge in [0, 0.05) is 19.1 Å². The van der Waals surface area contributed by atoms with Crippen LogP contribution in [0.5, 0.6) is 0 Å². The number of carbonyl (C=O) groups is 1. The zero-order valence-corrected chi connectivity index (χ0v) is 10.6. The molecule has 0 radical (unpaired) electrons. The molecular weight excluding hydrogens is 204 g/mol. The minimum absolute atomic E-state index is 0.0388. The summed E-state index contributed by atoms with van der Waals surface area (Å²) in [5.41, 5.74) is -0.237. The van der Waals surface area contributed by atoms with Gasteiger partial charge in [-0.15, -0.1) is 0 Å². The molecule has 16 heavy (non-hydrogen) atoms. The molecule has 1 saturated heterocycles. The Morgan fingerprint density at radius 2 is 2.25 bits per heavy atom. The minimum Gasteiger partial charge on any atom is -0.395 e. The Morgan fingerprint density at radius 1 is 1.56 bits per heavy atom. The molecule has 94 valence electrons. The van der Waals surface area contributed by atoms with Crippen LogP contribution in [0.4, 0.5) is 0 Å². The zero-order valence-electron chi connectivity index (χ0n) is 10.6. The third-order valence-corrected chi connectivity index (χ3v) is 3.60. The van der Waals surface area contributed by atoms with Gasteiger partial charge in [0.05, 0.1) is 12.0 Å². The molecule has 0 aromatic rings. The molecule has 0 bridgehead atoms. The number of amides is 1. The zero-order chi connectivity index (χ0) is 12.2. The highest BCUT2D eigenvalue weighted by Crippen LogP contribution is 2.32. The number of rotatable bonds is 5. The molecule has 0 aromatic heterocycles. The van der Waals surface area contributed by atoms with E-state index in [0.717, 1.165) is 25.9 Å². The Labute approximate surface area is 98.0 Å². The van der Waals surface area contributed by atoms with Gasteiger partial charge in [0.1, 0.15) is 0 Å². The van der Waals surface area contributed by atoms with Gasteiger partial charge in [-0.25, -0.2) is 0 Å². The highest BCUT2D eigenvalue weighted by Gasteiger charge is 2.42. The lowest BCUT2D eigenvalue weighted by Gasteiger charge is -2.35. The quantitative estimate of drug-likeness (QED) is 0.725. The predicted molar refractivity (Wildman–Crippen MR) is 64.1 cm³/mol. The Balaban J connectivity index is 2.79. The van der Waals surface area contributed by atoms with E-state index in [1.54, 1.807) is 4.90 Å². The Morgan fingerprint density at radius 3 is 2.62 bits per heavy atom. The molecule has 0 aromatic carbocycles. The molecule has 4 heteroatoms. The molecule has 1 aliphatic rings. The van der Waals surface area contributed by atoms with Crippen molar-refractivity contribution in [3.05, 3.63) is 0 Å². The van der Waals surface area contributed by atoms with Gasteiger partial charge in [0.2, 0.25) is 5.91 Å². The van der Waals surface area contributed by atoms with Crippen molar-refractivity contribution in [1.29, 1.82) is 0 Å². The molecule has 0 aliphatic carbocycles. The van der Waals surface area contributed by atoms with Crippen LogP contribution in [-0.2, 0) is 4.79 Å². The number of hydrogen-bond donors (Lipinski definition) is 2. The molecule has 0 saturated carbocycles. The van der Waals surface area contributed by atoms with Crippen molar-refractivity contribution in [3.8, 4) is 0 Å². The van der Waals surface area contributed by atoms with Crippen molar-refractivity contribution in [2.24, 2.45) is 5.41 Å². The van der Waals surface area contributed by atoms with Gasteiger partial charge in [-0.3, -0.25) is 4.79 Å². The molecule has 0 spiro atoms. The maximum absolute atomic E-state index is 12.5. The summed E-state index contributed by atoms with van der Waals surface area (Å²) in [6, 6.07) is 0.156. The second-order valence-electron chi connectivity index (χ2n) is 4.88. The third kappa shape index (κ3) is 2.55. The van der Waals surface area contributed by atoms with Crippen molar-refractivity contribution < 1.29 is 9.90 Å². The fraction of sp³-hybridized carbons (Fsp3) is 0.917. The second kappa shape index (κ2) is 5.64. The van der Waals surface area contributed by atoms with Gasteiger partial charge in [-0.05, 0) is 33.2 Å². The third-order valence-electron chi connectivity index (χ3n) is 3.60. The van der Waals surface area contributed by atoms with Crippen LogP contribution in [0.2, 0.25) is 0 Å². The summed E-state index contributed by atoms with van der Waals surface area (Å²) < 4.78 is 0. The lowest BCUT2D eigenvalue weighted by atomic mass is 9.82. The molecule has 1 unspecified atom stereocenters. The smallest absolute Gasteiger partial charge is 0.230 e. The fourth-order valence-electron chi connectivity index (χ4n) is 2.39. The van der Waals surface area contributed by atoms with E-state index in [2.05, 4.69) is 12.2 Å². The van der Waals surface area contributed by atoms with Crippen LogP contribution < -0.4 is 5.32 Å². The largest absolute Gasteiger partial charge is 0.395 e. The van der Waals surface area contributed by atoms with Gasteiger partial charge in [-0.1, -0.05) is 6.92 Å². The first-order valence-electron chi connectivity index (χ1n) is 6.20. The highest BCUT2D eigenvalue weighted by atomic mass is 16.3. The molecule has 2 N–H and O–H groups in total. The van der Waals surface area contributed by atoms with Crippen molar-refractivity contribution in [2.75, 3.05) is 26.2 Å². The summed E-state index contributed by atoms with van der Waals surface area (Å²) in [6.45, 7) is 8.25. The SMILES string of the molecule is CCC1(C(=O)N(CCO)C(C)C)CCNC1. The van der Waals surface area contributed by atoms with E-state index in [1.165, 1.54) is 0 Å². The van der Waals surface area contributed by atoms with Crippen LogP contribution in [0.25, 0.3) is 0 Å². The number of hydrogen-bond acceptors (Lipinski definition) is 3. The van der Waals surface area contributed by atoms with Crippen LogP contribution in [0, 0.1) is 5.41 Å². The first-order valence-corrected chi connectivity index (χ1v) is 6.20. The minimum atomic E-state index is -0.237. The van der Waals surface area contributed by atoms with Crippen LogP contribution in [0.3, 0.4) is 0 Å². The Kier molecular flexibility index (Phi) is 4.74. The van der Waals surface area contributed by atoms with Crippen molar-refractivity contribution >= 4 is 5.91 Å². The van der Waals surface area contributed by atoms with Crippen LogP contribution in [-0.4, -0.2) is 48.2 Å². The second-order valence-corrected chi connectivity index (χ2v) is 4.88. The summed E-state index contributed by atoms with van der Waals surface area (Å²) in [6.07, 6.45) is 1.78. The van der Waals surface area contributed by atoms with E-state index in [4.69, 9.17) is 5.11 Å².